The molecule has 0 bridgehead atoms. The van der Waals surface area contributed by atoms with Crippen molar-refractivity contribution in [2.75, 3.05) is 34.5 Å². The van der Waals surface area contributed by atoms with E-state index in [0.717, 1.165) is 12.8 Å². The number of hydrogen-bond donors (Lipinski definition) is 1. The maximum absolute atomic E-state index is 10.2. The van der Waals surface area contributed by atoms with Crippen LogP contribution in [-0.4, -0.2) is 70.4 Å². The van der Waals surface area contributed by atoms with Crippen LogP contribution in [0.15, 0.2) is 0 Å². The Hall–Kier alpha value is -0.240. The van der Waals surface area contributed by atoms with Crippen LogP contribution in [0.4, 0.5) is 0 Å². The van der Waals surface area contributed by atoms with Gasteiger partial charge in [0, 0.05) is 27.9 Å². The second-order valence-electron chi connectivity index (χ2n) is 4.61. The normalized spacial score (nSPS) is 32.7. The summed E-state index contributed by atoms with van der Waals surface area (Å²) in [6.07, 6.45) is -0.713. The largest absolute Gasteiger partial charge is 0.385 e. The molecule has 0 radical (unpaired) electrons. The highest BCUT2D eigenvalue weighted by molar-refractivity contribution is 4.92. The predicted molar refractivity (Wildman–Crippen MR) is 69.0 cm³/mol. The highest BCUT2D eigenvalue weighted by atomic mass is 16.7. The van der Waals surface area contributed by atoms with Gasteiger partial charge in [0.15, 0.2) is 6.29 Å². The second kappa shape index (κ2) is 8.84. The Kier molecular flexibility index (Phi) is 7.82. The number of aliphatic hydroxyl groups is 1. The van der Waals surface area contributed by atoms with E-state index >= 15 is 0 Å². The number of methoxy groups -OCH3 is 3. The third-order valence-corrected chi connectivity index (χ3v) is 3.28. The van der Waals surface area contributed by atoms with Crippen molar-refractivity contribution in [1.82, 2.24) is 0 Å². The molecule has 6 nitrogen and oxygen atoms in total. The zero-order valence-electron chi connectivity index (χ0n) is 12.2. The molecule has 114 valence electrons. The predicted octanol–water partition coefficient (Wildman–Crippen LogP) is 0.565. The first-order valence-corrected chi connectivity index (χ1v) is 6.69. The van der Waals surface area contributed by atoms with Crippen molar-refractivity contribution in [2.24, 2.45) is 0 Å². The molecule has 0 amide bonds. The summed E-state index contributed by atoms with van der Waals surface area (Å²) in [5.74, 6) is 0. The van der Waals surface area contributed by atoms with Crippen LogP contribution < -0.4 is 0 Å². The molecular formula is C13H26O6. The maximum atomic E-state index is 10.2. The fourth-order valence-corrected chi connectivity index (χ4v) is 2.18. The van der Waals surface area contributed by atoms with Crippen LogP contribution in [-0.2, 0) is 23.7 Å². The molecule has 1 saturated heterocycles. The molecule has 0 aliphatic carbocycles. The van der Waals surface area contributed by atoms with Crippen LogP contribution in [0, 0.1) is 0 Å². The summed E-state index contributed by atoms with van der Waals surface area (Å²) in [7, 11) is 4.71. The van der Waals surface area contributed by atoms with E-state index < -0.39 is 24.6 Å². The van der Waals surface area contributed by atoms with Crippen LogP contribution in [0.5, 0.6) is 0 Å². The lowest BCUT2D eigenvalue weighted by molar-refractivity contribution is -0.185. The molecule has 0 saturated carbocycles. The van der Waals surface area contributed by atoms with E-state index in [4.69, 9.17) is 23.7 Å². The molecule has 1 N–H and O–H groups in total. The van der Waals surface area contributed by atoms with Gasteiger partial charge in [0.1, 0.15) is 24.4 Å². The van der Waals surface area contributed by atoms with E-state index in [1.54, 1.807) is 14.2 Å². The molecule has 0 aromatic heterocycles. The van der Waals surface area contributed by atoms with Crippen LogP contribution in [0.1, 0.15) is 19.8 Å². The molecule has 0 aromatic carbocycles. The van der Waals surface area contributed by atoms with E-state index in [-0.39, 0.29) is 6.10 Å². The number of unbranched alkanes of at least 4 members (excludes halogenated alkanes) is 1. The van der Waals surface area contributed by atoms with E-state index in [1.807, 2.05) is 0 Å². The summed E-state index contributed by atoms with van der Waals surface area (Å²) >= 11 is 0. The molecule has 1 unspecified atom stereocenters. The van der Waals surface area contributed by atoms with Crippen molar-refractivity contribution >= 4 is 0 Å². The minimum atomic E-state index is -0.818. The third kappa shape index (κ3) is 4.37. The fraction of sp³-hybridized carbons (Fsp3) is 1.00. The molecule has 1 fully saturated rings. The Bertz CT molecular complexity index is 237. The average molecular weight is 278 g/mol. The molecule has 1 aliphatic heterocycles. The molecule has 6 heteroatoms. The van der Waals surface area contributed by atoms with Gasteiger partial charge in [0.25, 0.3) is 0 Å². The van der Waals surface area contributed by atoms with Gasteiger partial charge in [-0.2, -0.15) is 0 Å². The van der Waals surface area contributed by atoms with Gasteiger partial charge in [0.05, 0.1) is 6.61 Å². The van der Waals surface area contributed by atoms with Crippen molar-refractivity contribution < 1.29 is 28.8 Å². The zero-order chi connectivity index (χ0) is 14.3. The summed E-state index contributed by atoms with van der Waals surface area (Å²) in [5, 5.41) is 10.2. The molecule has 0 spiro atoms. The Balaban J connectivity index is 2.60. The van der Waals surface area contributed by atoms with Crippen molar-refractivity contribution in [2.45, 2.75) is 50.5 Å². The minimum absolute atomic E-state index is 0.302. The minimum Gasteiger partial charge on any atom is -0.385 e. The van der Waals surface area contributed by atoms with Gasteiger partial charge >= 0.3 is 0 Å². The Morgan fingerprint density at radius 3 is 2.53 bits per heavy atom. The Labute approximate surface area is 114 Å². The van der Waals surface area contributed by atoms with Crippen LogP contribution in [0.3, 0.4) is 0 Å². The summed E-state index contributed by atoms with van der Waals surface area (Å²) in [5.41, 5.74) is 0. The zero-order valence-corrected chi connectivity index (χ0v) is 12.2. The van der Waals surface area contributed by atoms with Crippen LogP contribution in [0.2, 0.25) is 0 Å². The molecule has 1 rings (SSSR count). The lowest BCUT2D eigenvalue weighted by Crippen LogP contribution is -2.43. The van der Waals surface area contributed by atoms with E-state index in [2.05, 4.69) is 6.92 Å². The van der Waals surface area contributed by atoms with Crippen molar-refractivity contribution in [1.29, 1.82) is 0 Å². The summed E-state index contributed by atoms with van der Waals surface area (Å²) in [4.78, 5) is 0. The smallest absolute Gasteiger partial charge is 0.186 e. The molecule has 0 aromatic rings. The first kappa shape index (κ1) is 16.8. The van der Waals surface area contributed by atoms with Crippen molar-refractivity contribution in [3.05, 3.63) is 0 Å². The second-order valence-corrected chi connectivity index (χ2v) is 4.61. The number of hydrogen-bond acceptors (Lipinski definition) is 6. The first-order chi connectivity index (χ1) is 9.19. The monoisotopic (exact) mass is 278 g/mol. The van der Waals surface area contributed by atoms with E-state index in [9.17, 15) is 5.11 Å². The lowest BCUT2D eigenvalue weighted by Gasteiger charge is -2.25. The lowest BCUT2D eigenvalue weighted by atomic mass is 10.1. The number of ether oxygens (including phenoxy) is 5. The van der Waals surface area contributed by atoms with Crippen LogP contribution in [0.25, 0.3) is 0 Å². The van der Waals surface area contributed by atoms with Gasteiger partial charge in [-0.15, -0.1) is 0 Å². The molecular weight excluding hydrogens is 252 g/mol. The molecule has 19 heavy (non-hydrogen) atoms. The summed E-state index contributed by atoms with van der Waals surface area (Å²) < 4.78 is 27.0. The van der Waals surface area contributed by atoms with Gasteiger partial charge in [-0.1, -0.05) is 13.3 Å². The number of aliphatic hydroxyl groups excluding tert-OH is 1. The van der Waals surface area contributed by atoms with Gasteiger partial charge in [-0.3, -0.25) is 0 Å². The standard InChI is InChI=1S/C13H26O6/c1-5-6-7-18-13-10(14)12(17-4)11(19-13)9(16-3)8-15-2/h9-14H,5-8H2,1-4H3/t9?,10-,11-,12-,13-/m1/s1. The van der Waals surface area contributed by atoms with Crippen molar-refractivity contribution in [3.63, 3.8) is 0 Å². The molecule has 1 aliphatic rings. The van der Waals surface area contributed by atoms with Gasteiger partial charge in [-0.05, 0) is 6.42 Å². The maximum Gasteiger partial charge on any atom is 0.186 e. The van der Waals surface area contributed by atoms with E-state index in [0.29, 0.717) is 13.2 Å². The quantitative estimate of drug-likeness (QED) is 0.622. The summed E-state index contributed by atoms with van der Waals surface area (Å²) in [6, 6.07) is 0. The average Bonchev–Trinajstić information content (AvgIpc) is 2.73. The van der Waals surface area contributed by atoms with Gasteiger partial charge < -0.3 is 28.8 Å². The molecule has 1 heterocycles. The third-order valence-electron chi connectivity index (χ3n) is 3.28. The highest BCUT2D eigenvalue weighted by Crippen LogP contribution is 2.28. The summed E-state index contributed by atoms with van der Waals surface area (Å²) in [6.45, 7) is 3.01. The first-order valence-electron chi connectivity index (χ1n) is 6.69. The highest BCUT2D eigenvalue weighted by Gasteiger charge is 2.48. The topological polar surface area (TPSA) is 66.4 Å². The fourth-order valence-electron chi connectivity index (χ4n) is 2.18. The SMILES string of the molecule is CCCCO[C@@H]1O[C@H](C(COC)OC)[C@H](OC)[C@H]1O. The van der Waals surface area contributed by atoms with Crippen LogP contribution >= 0.6 is 0 Å². The van der Waals surface area contributed by atoms with Gasteiger partial charge in [0.2, 0.25) is 0 Å². The molecule has 5 atom stereocenters. The number of rotatable bonds is 9. The Morgan fingerprint density at radius 1 is 1.26 bits per heavy atom. The Morgan fingerprint density at radius 2 is 2.00 bits per heavy atom. The van der Waals surface area contributed by atoms with E-state index in [1.165, 1.54) is 7.11 Å². The van der Waals surface area contributed by atoms with Crippen molar-refractivity contribution in [3.8, 4) is 0 Å². The van der Waals surface area contributed by atoms with Gasteiger partial charge in [-0.25, -0.2) is 0 Å².